The molecule has 152 valence electrons. The van der Waals surface area contributed by atoms with Crippen LogP contribution < -0.4 is 5.32 Å². The van der Waals surface area contributed by atoms with Crippen molar-refractivity contribution in [1.82, 2.24) is 25.1 Å². The van der Waals surface area contributed by atoms with Crippen LogP contribution in [0.25, 0.3) is 11.0 Å². The molecule has 2 aliphatic rings. The van der Waals surface area contributed by atoms with E-state index in [2.05, 4.69) is 15.3 Å². The van der Waals surface area contributed by atoms with Gasteiger partial charge in [0.05, 0.1) is 11.0 Å². The highest BCUT2D eigenvalue weighted by Crippen LogP contribution is 2.33. The Balaban J connectivity index is 1.51. The zero-order valence-corrected chi connectivity index (χ0v) is 17.1. The summed E-state index contributed by atoms with van der Waals surface area (Å²) in [6.07, 6.45) is -0.549. The van der Waals surface area contributed by atoms with Crippen LogP contribution >= 0.6 is 11.8 Å². The lowest BCUT2D eigenvalue weighted by Crippen LogP contribution is -2.64. The van der Waals surface area contributed by atoms with Crippen LogP contribution in [0.2, 0.25) is 0 Å². The minimum Gasteiger partial charge on any atom is -0.333 e. The van der Waals surface area contributed by atoms with Crippen molar-refractivity contribution in [2.45, 2.75) is 30.8 Å². The molecule has 0 spiro atoms. The Bertz CT molecular complexity index is 1110. The number of thioether (sulfide) groups is 1. The first-order valence-electron chi connectivity index (χ1n) is 9.76. The summed E-state index contributed by atoms with van der Waals surface area (Å²) in [5.74, 6) is -0.324. The standard InChI is InChI=1S/C21H20N6O2S/c1-2-26-17-16(18(28)25-20(26)29)27(12-13-8-4-3-5-9-13)21(24-17)30-19-22-14-10-6-7-11-15(14)23-19/h3-11,16-17H,2,12H2,1H3,(H,22,23)(H,25,28,29). The van der Waals surface area contributed by atoms with Gasteiger partial charge in [-0.3, -0.25) is 15.0 Å². The first-order valence-corrected chi connectivity index (χ1v) is 10.6. The van der Waals surface area contributed by atoms with Gasteiger partial charge in [0.15, 0.2) is 22.5 Å². The van der Waals surface area contributed by atoms with Crippen molar-refractivity contribution in [3.8, 4) is 0 Å². The van der Waals surface area contributed by atoms with E-state index < -0.39 is 18.2 Å². The van der Waals surface area contributed by atoms with E-state index in [1.165, 1.54) is 11.8 Å². The summed E-state index contributed by atoms with van der Waals surface area (Å²) in [7, 11) is 0. The number of amidine groups is 1. The molecule has 2 unspecified atom stereocenters. The van der Waals surface area contributed by atoms with E-state index in [9.17, 15) is 9.59 Å². The van der Waals surface area contributed by atoms with Gasteiger partial charge in [0.1, 0.15) is 0 Å². The summed E-state index contributed by atoms with van der Waals surface area (Å²) in [5, 5.41) is 3.83. The predicted octanol–water partition coefficient (Wildman–Crippen LogP) is 2.79. The maximum atomic E-state index is 12.8. The molecule has 0 aliphatic carbocycles. The quantitative estimate of drug-likeness (QED) is 0.677. The second kappa shape index (κ2) is 7.49. The van der Waals surface area contributed by atoms with Gasteiger partial charge in [-0.25, -0.2) is 14.8 Å². The summed E-state index contributed by atoms with van der Waals surface area (Å²) in [5.41, 5.74) is 2.87. The smallest absolute Gasteiger partial charge is 0.325 e. The van der Waals surface area contributed by atoms with Gasteiger partial charge >= 0.3 is 6.03 Å². The van der Waals surface area contributed by atoms with E-state index in [1.54, 1.807) is 4.90 Å². The molecule has 3 aromatic rings. The van der Waals surface area contributed by atoms with Crippen molar-refractivity contribution in [1.29, 1.82) is 0 Å². The number of amides is 3. The summed E-state index contributed by atoms with van der Waals surface area (Å²) >= 11 is 1.38. The number of imide groups is 1. The summed E-state index contributed by atoms with van der Waals surface area (Å²) < 4.78 is 0. The Morgan fingerprint density at radius 2 is 1.80 bits per heavy atom. The number of urea groups is 1. The largest absolute Gasteiger partial charge is 0.333 e. The Labute approximate surface area is 177 Å². The molecule has 0 saturated carbocycles. The number of likely N-dealkylation sites (N-methyl/N-ethyl adjacent to an activating group) is 1. The van der Waals surface area contributed by atoms with Gasteiger partial charge in [-0.05, 0) is 36.4 Å². The molecule has 9 heteroatoms. The first-order chi connectivity index (χ1) is 14.6. The Morgan fingerprint density at radius 3 is 2.57 bits per heavy atom. The number of aliphatic imine (C=N–C) groups is 1. The molecule has 1 fully saturated rings. The average molecular weight is 420 g/mol. The van der Waals surface area contributed by atoms with Gasteiger partial charge in [-0.1, -0.05) is 42.5 Å². The van der Waals surface area contributed by atoms with E-state index in [0.29, 0.717) is 23.4 Å². The molecular weight excluding hydrogens is 400 g/mol. The van der Waals surface area contributed by atoms with E-state index in [0.717, 1.165) is 16.6 Å². The monoisotopic (exact) mass is 420 g/mol. The molecule has 3 heterocycles. The SMILES string of the molecule is CCN1C(=O)NC(=O)C2C1N=C(Sc1nc3ccccc3[nH]1)N2Cc1ccccc1. The molecule has 1 saturated heterocycles. The fourth-order valence-corrected chi connectivity index (χ4v) is 4.79. The molecule has 2 aromatic carbocycles. The zero-order chi connectivity index (χ0) is 20.7. The second-order valence-electron chi connectivity index (χ2n) is 7.13. The number of rotatable bonds is 4. The number of carbonyl (C=O) groups is 2. The van der Waals surface area contributed by atoms with Gasteiger partial charge in [0.25, 0.3) is 5.91 Å². The van der Waals surface area contributed by atoms with Crippen LogP contribution in [0.5, 0.6) is 0 Å². The van der Waals surface area contributed by atoms with E-state index in [-0.39, 0.29) is 5.91 Å². The number of aromatic nitrogens is 2. The topological polar surface area (TPSA) is 93.7 Å². The number of fused-ring (bicyclic) bond motifs is 2. The summed E-state index contributed by atoms with van der Waals surface area (Å²) in [6.45, 7) is 2.85. The number of hydrogen-bond acceptors (Lipinski definition) is 6. The van der Waals surface area contributed by atoms with Crippen molar-refractivity contribution in [2.75, 3.05) is 6.54 Å². The molecule has 1 aromatic heterocycles. The summed E-state index contributed by atoms with van der Waals surface area (Å²) in [6, 6.07) is 16.7. The molecule has 2 atom stereocenters. The van der Waals surface area contributed by atoms with Gasteiger partial charge in [0.2, 0.25) is 0 Å². The maximum absolute atomic E-state index is 12.8. The molecule has 0 bridgehead atoms. The number of H-pyrrole nitrogens is 1. The van der Waals surface area contributed by atoms with Crippen molar-refractivity contribution in [2.24, 2.45) is 4.99 Å². The lowest BCUT2D eigenvalue weighted by molar-refractivity contribution is -0.127. The molecule has 2 N–H and O–H groups in total. The molecule has 30 heavy (non-hydrogen) atoms. The number of aromatic amines is 1. The van der Waals surface area contributed by atoms with Crippen LogP contribution in [0.4, 0.5) is 4.79 Å². The van der Waals surface area contributed by atoms with Crippen LogP contribution in [0.1, 0.15) is 12.5 Å². The average Bonchev–Trinajstić information content (AvgIpc) is 3.30. The van der Waals surface area contributed by atoms with Gasteiger partial charge in [0, 0.05) is 13.1 Å². The van der Waals surface area contributed by atoms with Crippen molar-refractivity contribution in [3.63, 3.8) is 0 Å². The number of nitrogens with zero attached hydrogens (tertiary/aromatic N) is 4. The van der Waals surface area contributed by atoms with Crippen molar-refractivity contribution < 1.29 is 9.59 Å². The highest BCUT2D eigenvalue weighted by Gasteiger charge is 2.49. The van der Waals surface area contributed by atoms with Crippen molar-refractivity contribution >= 4 is 39.9 Å². The van der Waals surface area contributed by atoms with Gasteiger partial charge < -0.3 is 9.88 Å². The van der Waals surface area contributed by atoms with Gasteiger partial charge in [-0.2, -0.15) is 0 Å². The predicted molar refractivity (Wildman–Crippen MR) is 115 cm³/mol. The molecule has 5 rings (SSSR count). The molecule has 3 amide bonds. The summed E-state index contributed by atoms with van der Waals surface area (Å²) in [4.78, 5) is 41.4. The minimum absolute atomic E-state index is 0.324. The molecule has 2 aliphatic heterocycles. The number of imidazole rings is 1. The maximum Gasteiger partial charge on any atom is 0.325 e. The number of benzene rings is 2. The Morgan fingerprint density at radius 1 is 1.03 bits per heavy atom. The number of carbonyl (C=O) groups excluding carboxylic acids is 2. The fourth-order valence-electron chi connectivity index (χ4n) is 3.85. The van der Waals surface area contributed by atoms with Crippen LogP contribution in [-0.4, -0.2) is 55.6 Å². The number of hydrogen-bond donors (Lipinski definition) is 2. The Hall–Kier alpha value is -3.33. The van der Waals surface area contributed by atoms with Gasteiger partial charge in [-0.15, -0.1) is 0 Å². The lowest BCUT2D eigenvalue weighted by atomic mass is 10.1. The normalized spacial score (nSPS) is 21.0. The molecule has 0 radical (unpaired) electrons. The van der Waals surface area contributed by atoms with Crippen LogP contribution in [0.15, 0.2) is 64.7 Å². The second-order valence-corrected chi connectivity index (χ2v) is 8.08. The third-order valence-electron chi connectivity index (χ3n) is 5.28. The first kappa shape index (κ1) is 18.7. The van der Waals surface area contributed by atoms with E-state index >= 15 is 0 Å². The molecule has 8 nitrogen and oxygen atoms in total. The number of para-hydroxylation sites is 2. The van der Waals surface area contributed by atoms with Crippen LogP contribution in [-0.2, 0) is 11.3 Å². The zero-order valence-electron chi connectivity index (χ0n) is 16.3. The Kier molecular flexibility index (Phi) is 4.66. The highest BCUT2D eigenvalue weighted by atomic mass is 32.2. The van der Waals surface area contributed by atoms with Crippen LogP contribution in [0.3, 0.4) is 0 Å². The highest BCUT2D eigenvalue weighted by molar-refractivity contribution is 8.13. The van der Waals surface area contributed by atoms with E-state index in [4.69, 9.17) is 4.99 Å². The minimum atomic E-state index is -0.574. The molecular formula is C21H20N6O2S. The van der Waals surface area contributed by atoms with Crippen molar-refractivity contribution in [3.05, 3.63) is 60.2 Å². The third-order valence-corrected chi connectivity index (χ3v) is 6.19. The third kappa shape index (κ3) is 3.21. The fraction of sp³-hybridized carbons (Fsp3) is 0.238. The van der Waals surface area contributed by atoms with Crippen LogP contribution in [0, 0.1) is 0 Å². The lowest BCUT2D eigenvalue weighted by Gasteiger charge is -2.37. The number of nitrogens with one attached hydrogen (secondary N) is 2. The van der Waals surface area contributed by atoms with E-state index in [1.807, 2.05) is 66.4 Å².